The van der Waals surface area contributed by atoms with E-state index >= 15 is 0 Å². The molecule has 0 spiro atoms. The summed E-state index contributed by atoms with van der Waals surface area (Å²) >= 11 is 0. The van der Waals surface area contributed by atoms with E-state index in [1.165, 1.54) is 0 Å². The van der Waals surface area contributed by atoms with Crippen LogP contribution in [0.4, 0.5) is 4.39 Å². The molecule has 1 atom stereocenters. The van der Waals surface area contributed by atoms with Gasteiger partial charge in [-0.15, -0.1) is 0 Å². The van der Waals surface area contributed by atoms with Crippen molar-refractivity contribution in [3.63, 3.8) is 0 Å². The Kier molecular flexibility index (Phi) is 1.75. The van der Waals surface area contributed by atoms with Crippen LogP contribution < -0.4 is 0 Å². The number of hydrogen-bond acceptors (Lipinski definition) is 1. The first-order valence-corrected chi connectivity index (χ1v) is 4.19. The van der Waals surface area contributed by atoms with Crippen LogP contribution in [0, 0.1) is 0 Å². The highest BCUT2D eigenvalue weighted by Gasteiger charge is 2.23. The number of phenolic OH excluding ortho intramolecular Hbond substituents is 1. The van der Waals surface area contributed by atoms with Gasteiger partial charge >= 0.3 is 0 Å². The molecule has 1 aromatic carbocycles. The summed E-state index contributed by atoms with van der Waals surface area (Å²) in [7, 11) is 0. The summed E-state index contributed by atoms with van der Waals surface area (Å²) in [6, 6.07) is 5.36. The molecule has 1 aliphatic rings. The van der Waals surface area contributed by atoms with Crippen LogP contribution in [0.25, 0.3) is 0 Å². The molecule has 1 N–H and O–H groups in total. The Morgan fingerprint density at radius 3 is 3.08 bits per heavy atom. The van der Waals surface area contributed by atoms with Gasteiger partial charge in [0.05, 0.1) is 6.67 Å². The van der Waals surface area contributed by atoms with Gasteiger partial charge in [0.15, 0.2) is 0 Å². The number of fused-ring (bicyclic) bond motifs is 1. The second-order valence-electron chi connectivity index (χ2n) is 3.23. The predicted octanol–water partition coefficient (Wildman–Crippen LogP) is 2.39. The van der Waals surface area contributed by atoms with Crippen molar-refractivity contribution in [1.29, 1.82) is 0 Å². The van der Waals surface area contributed by atoms with Crippen molar-refractivity contribution in [2.45, 2.75) is 18.8 Å². The molecule has 0 aromatic heterocycles. The van der Waals surface area contributed by atoms with E-state index in [9.17, 15) is 9.50 Å². The molecule has 0 saturated carbocycles. The van der Waals surface area contributed by atoms with Crippen molar-refractivity contribution in [3.8, 4) is 5.75 Å². The second-order valence-corrected chi connectivity index (χ2v) is 3.23. The highest BCUT2D eigenvalue weighted by molar-refractivity contribution is 5.44. The summed E-state index contributed by atoms with van der Waals surface area (Å²) in [5.74, 6) is 0.343. The van der Waals surface area contributed by atoms with E-state index in [-0.39, 0.29) is 12.6 Å². The van der Waals surface area contributed by atoms with Gasteiger partial charge in [-0.2, -0.15) is 0 Å². The SMILES string of the molecule is Oc1cccc2c1CCC2CF. The van der Waals surface area contributed by atoms with E-state index in [2.05, 4.69) is 0 Å². The van der Waals surface area contributed by atoms with Crippen LogP contribution in [0.2, 0.25) is 0 Å². The van der Waals surface area contributed by atoms with E-state index in [0.29, 0.717) is 5.75 Å². The lowest BCUT2D eigenvalue weighted by Gasteiger charge is -2.05. The summed E-state index contributed by atoms with van der Waals surface area (Å²) in [5, 5.41) is 9.42. The van der Waals surface area contributed by atoms with E-state index < -0.39 is 0 Å². The molecule has 2 rings (SSSR count). The molecular formula is C10H11FO. The largest absolute Gasteiger partial charge is 0.508 e. The van der Waals surface area contributed by atoms with Crippen LogP contribution in [0.3, 0.4) is 0 Å². The van der Waals surface area contributed by atoms with Crippen molar-refractivity contribution in [2.24, 2.45) is 0 Å². The van der Waals surface area contributed by atoms with Gasteiger partial charge in [0, 0.05) is 5.92 Å². The van der Waals surface area contributed by atoms with E-state index in [4.69, 9.17) is 0 Å². The fourth-order valence-electron chi connectivity index (χ4n) is 1.88. The molecule has 0 saturated heterocycles. The van der Waals surface area contributed by atoms with Gasteiger partial charge in [0.25, 0.3) is 0 Å². The Morgan fingerprint density at radius 1 is 1.50 bits per heavy atom. The maximum Gasteiger partial charge on any atom is 0.119 e. The number of rotatable bonds is 1. The standard InChI is InChI=1S/C10H11FO/c11-6-7-4-5-9-8(7)2-1-3-10(9)12/h1-3,7,12H,4-6H2. The molecule has 12 heavy (non-hydrogen) atoms. The van der Waals surface area contributed by atoms with Crippen LogP contribution in [0.5, 0.6) is 5.75 Å². The Morgan fingerprint density at radius 2 is 2.33 bits per heavy atom. The van der Waals surface area contributed by atoms with Crippen LogP contribution in [0.1, 0.15) is 23.5 Å². The normalized spacial score (nSPS) is 20.9. The van der Waals surface area contributed by atoms with Gasteiger partial charge in [-0.05, 0) is 30.0 Å². The second kappa shape index (κ2) is 2.77. The summed E-state index contributed by atoms with van der Waals surface area (Å²) in [4.78, 5) is 0. The Balaban J connectivity index is 2.46. The number of benzene rings is 1. The van der Waals surface area contributed by atoms with Crippen LogP contribution >= 0.6 is 0 Å². The molecule has 64 valence electrons. The molecule has 1 aliphatic carbocycles. The first-order chi connectivity index (χ1) is 5.83. The fraction of sp³-hybridized carbons (Fsp3) is 0.400. The molecule has 2 heteroatoms. The zero-order chi connectivity index (χ0) is 8.55. The molecule has 1 aromatic rings. The molecule has 0 radical (unpaired) electrons. The van der Waals surface area contributed by atoms with Crippen LogP contribution in [-0.2, 0) is 6.42 Å². The average molecular weight is 166 g/mol. The molecule has 0 amide bonds. The quantitative estimate of drug-likeness (QED) is 0.679. The molecular weight excluding hydrogens is 155 g/mol. The topological polar surface area (TPSA) is 20.2 Å². The number of halogens is 1. The first kappa shape index (κ1) is 7.59. The van der Waals surface area contributed by atoms with E-state index in [1.54, 1.807) is 12.1 Å². The number of phenols is 1. The van der Waals surface area contributed by atoms with E-state index in [1.807, 2.05) is 6.07 Å². The maximum atomic E-state index is 12.4. The molecule has 0 bridgehead atoms. The Bertz CT molecular complexity index is 296. The minimum absolute atomic E-state index is 0.0205. The third-order valence-corrected chi connectivity index (χ3v) is 2.56. The molecule has 0 heterocycles. The predicted molar refractivity (Wildman–Crippen MR) is 45.1 cm³/mol. The lowest BCUT2D eigenvalue weighted by Crippen LogP contribution is -1.94. The Labute approximate surface area is 70.8 Å². The molecule has 1 nitrogen and oxygen atoms in total. The van der Waals surface area contributed by atoms with Gasteiger partial charge in [-0.1, -0.05) is 12.1 Å². The van der Waals surface area contributed by atoms with Gasteiger partial charge in [-0.3, -0.25) is 4.39 Å². The van der Waals surface area contributed by atoms with Gasteiger partial charge in [-0.25, -0.2) is 0 Å². The van der Waals surface area contributed by atoms with Crippen molar-refractivity contribution in [1.82, 2.24) is 0 Å². The Hall–Kier alpha value is -1.05. The van der Waals surface area contributed by atoms with Crippen LogP contribution in [-0.4, -0.2) is 11.8 Å². The monoisotopic (exact) mass is 166 g/mol. The highest BCUT2D eigenvalue weighted by Crippen LogP contribution is 2.37. The number of alkyl halides is 1. The third kappa shape index (κ3) is 0.986. The average Bonchev–Trinajstić information content (AvgIpc) is 2.49. The number of aromatic hydroxyl groups is 1. The first-order valence-electron chi connectivity index (χ1n) is 4.19. The summed E-state index contributed by atoms with van der Waals surface area (Å²) in [5.41, 5.74) is 1.94. The smallest absolute Gasteiger partial charge is 0.119 e. The summed E-state index contributed by atoms with van der Waals surface area (Å²) in [6.45, 7) is -0.309. The highest BCUT2D eigenvalue weighted by atomic mass is 19.1. The fourth-order valence-corrected chi connectivity index (χ4v) is 1.88. The minimum Gasteiger partial charge on any atom is -0.508 e. The van der Waals surface area contributed by atoms with Crippen molar-refractivity contribution in [3.05, 3.63) is 29.3 Å². The van der Waals surface area contributed by atoms with Crippen molar-refractivity contribution in [2.75, 3.05) is 6.67 Å². The minimum atomic E-state index is -0.309. The molecule has 1 unspecified atom stereocenters. The third-order valence-electron chi connectivity index (χ3n) is 2.56. The lowest BCUT2D eigenvalue weighted by molar-refractivity contribution is 0.429. The van der Waals surface area contributed by atoms with Crippen LogP contribution in [0.15, 0.2) is 18.2 Å². The van der Waals surface area contributed by atoms with Gasteiger partial charge in [0.2, 0.25) is 0 Å². The molecule has 0 fully saturated rings. The zero-order valence-corrected chi connectivity index (χ0v) is 6.76. The maximum absolute atomic E-state index is 12.4. The number of hydrogen-bond donors (Lipinski definition) is 1. The van der Waals surface area contributed by atoms with Crippen molar-refractivity contribution >= 4 is 0 Å². The van der Waals surface area contributed by atoms with Gasteiger partial charge in [0.1, 0.15) is 5.75 Å². The zero-order valence-electron chi connectivity index (χ0n) is 6.76. The van der Waals surface area contributed by atoms with E-state index in [0.717, 1.165) is 24.0 Å². The van der Waals surface area contributed by atoms with Crippen molar-refractivity contribution < 1.29 is 9.50 Å². The summed E-state index contributed by atoms with van der Waals surface area (Å²) in [6.07, 6.45) is 1.65. The van der Waals surface area contributed by atoms with Gasteiger partial charge < -0.3 is 5.11 Å². The lowest BCUT2D eigenvalue weighted by atomic mass is 10.0. The summed E-state index contributed by atoms with van der Waals surface area (Å²) < 4.78 is 12.4. The molecule has 0 aliphatic heterocycles.